The maximum atomic E-state index is 11.4. The van der Waals surface area contributed by atoms with Gasteiger partial charge in [0.05, 0.1) is 5.92 Å². The van der Waals surface area contributed by atoms with E-state index in [1.807, 2.05) is 0 Å². The fourth-order valence-corrected chi connectivity index (χ4v) is 3.00. The second-order valence-electron chi connectivity index (χ2n) is 8.95. The highest BCUT2D eigenvalue weighted by Gasteiger charge is 2.23. The third-order valence-electron chi connectivity index (χ3n) is 3.73. The van der Waals surface area contributed by atoms with E-state index in [1.54, 1.807) is 0 Å². The highest BCUT2D eigenvalue weighted by Crippen LogP contribution is 2.30. The van der Waals surface area contributed by atoms with Crippen molar-refractivity contribution in [2.75, 3.05) is 0 Å². The van der Waals surface area contributed by atoms with Crippen molar-refractivity contribution in [3.05, 3.63) is 0 Å². The lowest BCUT2D eigenvalue weighted by Crippen LogP contribution is -2.20. The minimum absolute atomic E-state index is 0.160. The predicted molar refractivity (Wildman–Crippen MR) is 86.9 cm³/mol. The average Bonchev–Trinajstić information content (AvgIpc) is 2.17. The smallest absolute Gasteiger partial charge is 0.306 e. The molecule has 0 fully saturated rings. The van der Waals surface area contributed by atoms with Gasteiger partial charge in [0, 0.05) is 0 Å². The molecule has 0 bridgehead atoms. The number of rotatable bonds is 8. The van der Waals surface area contributed by atoms with Crippen LogP contribution in [0.15, 0.2) is 0 Å². The Kier molecular flexibility index (Phi) is 7.83. The molecule has 0 aromatic heterocycles. The summed E-state index contributed by atoms with van der Waals surface area (Å²) in [4.78, 5) is 11.4. The Morgan fingerprint density at radius 2 is 1.55 bits per heavy atom. The van der Waals surface area contributed by atoms with Gasteiger partial charge in [0.25, 0.3) is 0 Å². The number of hydrogen-bond donors (Lipinski definition) is 1. The zero-order valence-corrected chi connectivity index (χ0v) is 14.8. The van der Waals surface area contributed by atoms with E-state index in [-0.39, 0.29) is 11.3 Å². The molecule has 2 unspecified atom stereocenters. The van der Waals surface area contributed by atoms with Crippen molar-refractivity contribution in [3.8, 4) is 0 Å². The van der Waals surface area contributed by atoms with E-state index >= 15 is 0 Å². The number of carboxylic acids is 1. The molecule has 0 aliphatic rings. The lowest BCUT2D eigenvalue weighted by molar-refractivity contribution is -0.142. The van der Waals surface area contributed by atoms with Gasteiger partial charge in [-0.1, -0.05) is 61.3 Å². The standard InChI is InChI=1S/C18H36O2/c1-14(13-18(5,6)7)12-15(16(19)20)10-8-9-11-17(2,3)4/h14-15H,8-13H2,1-7H3,(H,19,20). The summed E-state index contributed by atoms with van der Waals surface area (Å²) in [7, 11) is 0. The van der Waals surface area contributed by atoms with Crippen LogP contribution in [0.2, 0.25) is 0 Å². The Morgan fingerprint density at radius 1 is 1.00 bits per heavy atom. The van der Waals surface area contributed by atoms with E-state index in [4.69, 9.17) is 0 Å². The third-order valence-corrected chi connectivity index (χ3v) is 3.73. The van der Waals surface area contributed by atoms with Gasteiger partial charge in [-0.2, -0.15) is 0 Å². The molecule has 0 aliphatic carbocycles. The summed E-state index contributed by atoms with van der Waals surface area (Å²) in [6, 6.07) is 0. The average molecular weight is 284 g/mol. The largest absolute Gasteiger partial charge is 0.481 e. The summed E-state index contributed by atoms with van der Waals surface area (Å²) in [6.07, 6.45) is 6.11. The topological polar surface area (TPSA) is 37.3 Å². The molecule has 0 amide bonds. The molecule has 0 aromatic rings. The molecule has 0 rings (SSSR count). The van der Waals surface area contributed by atoms with Gasteiger partial charge < -0.3 is 5.11 Å². The highest BCUT2D eigenvalue weighted by atomic mass is 16.4. The van der Waals surface area contributed by atoms with Gasteiger partial charge in [0.15, 0.2) is 0 Å². The van der Waals surface area contributed by atoms with Gasteiger partial charge in [-0.05, 0) is 42.4 Å². The second-order valence-corrected chi connectivity index (χ2v) is 8.95. The molecule has 1 N–H and O–H groups in total. The van der Waals surface area contributed by atoms with E-state index < -0.39 is 5.97 Å². The van der Waals surface area contributed by atoms with Crippen LogP contribution in [0.4, 0.5) is 0 Å². The Hall–Kier alpha value is -0.530. The van der Waals surface area contributed by atoms with E-state index in [0.29, 0.717) is 11.3 Å². The van der Waals surface area contributed by atoms with Gasteiger partial charge in [-0.15, -0.1) is 0 Å². The molecule has 0 saturated heterocycles. The number of carbonyl (C=O) groups is 1. The predicted octanol–water partition coefficient (Wildman–Crippen LogP) is 5.76. The zero-order chi connectivity index (χ0) is 16.0. The number of carboxylic acid groups (broad SMARTS) is 1. The minimum Gasteiger partial charge on any atom is -0.481 e. The normalized spacial score (nSPS) is 15.9. The van der Waals surface area contributed by atoms with Crippen LogP contribution in [0.1, 0.15) is 87.0 Å². The molecule has 120 valence electrons. The lowest BCUT2D eigenvalue weighted by atomic mass is 9.80. The van der Waals surface area contributed by atoms with Gasteiger partial charge in [0.2, 0.25) is 0 Å². The van der Waals surface area contributed by atoms with Gasteiger partial charge in [0.1, 0.15) is 0 Å². The van der Waals surface area contributed by atoms with Crippen molar-refractivity contribution in [2.45, 2.75) is 87.0 Å². The third kappa shape index (κ3) is 11.3. The summed E-state index contributed by atoms with van der Waals surface area (Å²) < 4.78 is 0. The van der Waals surface area contributed by atoms with Crippen LogP contribution in [0.5, 0.6) is 0 Å². The second kappa shape index (κ2) is 8.05. The van der Waals surface area contributed by atoms with E-state index in [9.17, 15) is 9.90 Å². The van der Waals surface area contributed by atoms with Crippen molar-refractivity contribution in [3.63, 3.8) is 0 Å². The number of unbranched alkanes of at least 4 members (excludes halogenated alkanes) is 1. The van der Waals surface area contributed by atoms with E-state index in [0.717, 1.165) is 32.1 Å². The molecule has 0 radical (unpaired) electrons. The number of aliphatic carboxylic acids is 1. The first-order valence-electron chi connectivity index (χ1n) is 8.13. The summed E-state index contributed by atoms with van der Waals surface area (Å²) >= 11 is 0. The van der Waals surface area contributed by atoms with E-state index in [1.165, 1.54) is 6.42 Å². The molecule has 0 aliphatic heterocycles. The quantitative estimate of drug-likeness (QED) is 0.576. The van der Waals surface area contributed by atoms with Crippen LogP contribution < -0.4 is 0 Å². The summed E-state index contributed by atoms with van der Waals surface area (Å²) in [5.74, 6) is -0.285. The van der Waals surface area contributed by atoms with Crippen molar-refractivity contribution in [2.24, 2.45) is 22.7 Å². The minimum atomic E-state index is -0.610. The molecule has 2 nitrogen and oxygen atoms in total. The van der Waals surface area contributed by atoms with Crippen LogP contribution in [0.3, 0.4) is 0 Å². The fourth-order valence-electron chi connectivity index (χ4n) is 3.00. The van der Waals surface area contributed by atoms with Gasteiger partial charge >= 0.3 is 5.97 Å². The maximum Gasteiger partial charge on any atom is 0.306 e. The van der Waals surface area contributed by atoms with Crippen LogP contribution >= 0.6 is 0 Å². The first-order valence-corrected chi connectivity index (χ1v) is 8.13. The molecule has 0 saturated carbocycles. The van der Waals surface area contributed by atoms with E-state index in [2.05, 4.69) is 48.5 Å². The first kappa shape index (κ1) is 19.5. The lowest BCUT2D eigenvalue weighted by Gasteiger charge is -2.25. The van der Waals surface area contributed by atoms with Crippen LogP contribution in [0.25, 0.3) is 0 Å². The molecule has 2 atom stereocenters. The highest BCUT2D eigenvalue weighted by molar-refractivity contribution is 5.69. The van der Waals surface area contributed by atoms with Crippen molar-refractivity contribution in [1.29, 1.82) is 0 Å². The SMILES string of the molecule is CC(CC(CCCCC(C)(C)C)C(=O)O)CC(C)(C)C. The fraction of sp³-hybridized carbons (Fsp3) is 0.944. The monoisotopic (exact) mass is 284 g/mol. The molecule has 0 heterocycles. The van der Waals surface area contributed by atoms with Gasteiger partial charge in [-0.25, -0.2) is 0 Å². The molecule has 0 spiro atoms. The summed E-state index contributed by atoms with van der Waals surface area (Å²) in [5, 5.41) is 9.38. The molecular formula is C18H36O2. The van der Waals surface area contributed by atoms with Crippen LogP contribution in [0, 0.1) is 22.7 Å². The summed E-state index contributed by atoms with van der Waals surface area (Å²) in [5.41, 5.74) is 0.646. The summed E-state index contributed by atoms with van der Waals surface area (Å²) in [6.45, 7) is 15.6. The Labute approximate surface area is 126 Å². The van der Waals surface area contributed by atoms with Crippen molar-refractivity contribution < 1.29 is 9.90 Å². The first-order chi connectivity index (χ1) is 8.91. The van der Waals surface area contributed by atoms with Crippen molar-refractivity contribution >= 4 is 5.97 Å². The van der Waals surface area contributed by atoms with Crippen molar-refractivity contribution in [1.82, 2.24) is 0 Å². The molecule has 20 heavy (non-hydrogen) atoms. The van der Waals surface area contributed by atoms with Gasteiger partial charge in [-0.3, -0.25) is 4.79 Å². The molecule has 0 aromatic carbocycles. The maximum absolute atomic E-state index is 11.4. The molecule has 2 heteroatoms. The Morgan fingerprint density at radius 3 is 1.95 bits per heavy atom. The van der Waals surface area contributed by atoms with Crippen LogP contribution in [-0.4, -0.2) is 11.1 Å². The Bertz CT molecular complexity index is 281. The van der Waals surface area contributed by atoms with Crippen LogP contribution in [-0.2, 0) is 4.79 Å². The molecular weight excluding hydrogens is 248 g/mol. The number of hydrogen-bond acceptors (Lipinski definition) is 1. The Balaban J connectivity index is 4.15. The zero-order valence-electron chi connectivity index (χ0n) is 14.8.